The number of nitrogen functional groups attached to an aromatic ring is 1. The van der Waals surface area contributed by atoms with E-state index in [1.54, 1.807) is 24.3 Å². The molecule has 2 aliphatic heterocycles. The summed E-state index contributed by atoms with van der Waals surface area (Å²) in [4.78, 5) is 27.3. The Bertz CT molecular complexity index is 1760. The maximum atomic E-state index is 12.7. The van der Waals surface area contributed by atoms with E-state index in [0.717, 1.165) is 35.3 Å². The second-order valence-corrected chi connectivity index (χ2v) is 13.8. The number of nitrogens with one attached hydrogen (secondary N) is 2. The number of ether oxygens (including phenoxy) is 2. The van der Waals surface area contributed by atoms with Gasteiger partial charge in [-0.25, -0.2) is 0 Å². The monoisotopic (exact) mass is 712 g/mol. The number of aliphatic hydroxyl groups is 2. The first-order valence-electron chi connectivity index (χ1n) is 17.4. The molecule has 11 heteroatoms. The molecular weight excluding hydrogens is 668 g/mol. The zero-order chi connectivity index (χ0) is 35.8. The van der Waals surface area contributed by atoms with Crippen molar-refractivity contribution in [3.63, 3.8) is 0 Å². The van der Waals surface area contributed by atoms with Gasteiger partial charge in [-0.2, -0.15) is 0 Å². The van der Waals surface area contributed by atoms with Gasteiger partial charge >= 0.3 is 0 Å². The Kier molecular flexibility index (Phi) is 12.0. The molecule has 10 nitrogen and oxygen atoms in total. The molecule has 2 heterocycles. The molecule has 0 unspecified atom stereocenters. The third kappa shape index (κ3) is 9.74. The first kappa shape index (κ1) is 36.5. The molecule has 2 aliphatic rings. The average molecular weight is 713 g/mol. The van der Waals surface area contributed by atoms with Crippen LogP contribution in [0.15, 0.2) is 97.1 Å². The number of piperidine rings is 1. The molecule has 3 atom stereocenters. The van der Waals surface area contributed by atoms with Gasteiger partial charge in [0, 0.05) is 55.2 Å². The molecule has 2 fully saturated rings. The second kappa shape index (κ2) is 16.8. The van der Waals surface area contributed by atoms with E-state index in [9.17, 15) is 19.8 Å². The van der Waals surface area contributed by atoms with E-state index in [1.165, 1.54) is 0 Å². The number of nitrogens with two attached hydrogens (primary N) is 1. The summed E-state index contributed by atoms with van der Waals surface area (Å²) in [5.74, 6) is -0.380. The fraction of sp³-hybridized carbons (Fsp3) is 0.350. The average Bonchev–Trinajstić information content (AvgIpc) is 3.14. The van der Waals surface area contributed by atoms with Crippen molar-refractivity contribution in [3.05, 3.63) is 124 Å². The van der Waals surface area contributed by atoms with Crippen molar-refractivity contribution in [1.29, 1.82) is 0 Å². The van der Waals surface area contributed by atoms with Crippen molar-refractivity contribution in [3.8, 4) is 0 Å². The Balaban J connectivity index is 1.05. The molecule has 0 bridgehead atoms. The largest absolute Gasteiger partial charge is 0.397 e. The number of carbonyl (C=O) groups is 2. The molecule has 2 amide bonds. The van der Waals surface area contributed by atoms with Gasteiger partial charge in [-0.05, 0) is 72.4 Å². The lowest BCUT2D eigenvalue weighted by Crippen LogP contribution is -2.46. The summed E-state index contributed by atoms with van der Waals surface area (Å²) in [7, 11) is 0. The van der Waals surface area contributed by atoms with Crippen molar-refractivity contribution >= 4 is 40.5 Å². The Labute approximate surface area is 303 Å². The number of amides is 2. The van der Waals surface area contributed by atoms with Crippen LogP contribution in [0.1, 0.15) is 73.2 Å². The Morgan fingerprint density at radius 2 is 1.49 bits per heavy atom. The van der Waals surface area contributed by atoms with E-state index in [0.29, 0.717) is 54.3 Å². The second-order valence-electron chi connectivity index (χ2n) is 13.3. The molecule has 0 aliphatic carbocycles. The Hall–Kier alpha value is -4.29. The number of halogens is 1. The van der Waals surface area contributed by atoms with Crippen LogP contribution >= 0.6 is 11.6 Å². The number of para-hydroxylation sites is 2. The van der Waals surface area contributed by atoms with Crippen molar-refractivity contribution in [2.75, 3.05) is 36.0 Å². The zero-order valence-corrected chi connectivity index (χ0v) is 29.2. The van der Waals surface area contributed by atoms with Crippen molar-refractivity contribution in [2.45, 2.75) is 69.2 Å². The van der Waals surface area contributed by atoms with Crippen molar-refractivity contribution in [2.24, 2.45) is 0 Å². The fourth-order valence-electron chi connectivity index (χ4n) is 6.66. The summed E-state index contributed by atoms with van der Waals surface area (Å²) in [6, 6.07) is 29.7. The molecule has 4 aromatic rings. The lowest BCUT2D eigenvalue weighted by molar-refractivity contribution is -0.253. The molecule has 4 aromatic carbocycles. The van der Waals surface area contributed by atoms with Gasteiger partial charge in [0.05, 0.1) is 35.8 Å². The van der Waals surface area contributed by atoms with Crippen LogP contribution in [0.3, 0.4) is 0 Å². The lowest BCUT2D eigenvalue weighted by Gasteiger charge is -2.42. The molecule has 6 N–H and O–H groups in total. The SMILES string of the molecule is Nc1ccccc1NC(=O)CCCC(=O)Nc1ccc([C@H]2O[C@@H](CN3CCC(O)(c4ccc(Cl)cc4)CC3)C[C@@H](c3ccc(CO)cc3)O2)cc1. The van der Waals surface area contributed by atoms with Gasteiger partial charge in [-0.15, -0.1) is 0 Å². The Morgan fingerprint density at radius 3 is 2.16 bits per heavy atom. The minimum atomic E-state index is -0.889. The molecule has 0 spiro atoms. The van der Waals surface area contributed by atoms with Gasteiger partial charge < -0.3 is 41.0 Å². The van der Waals surface area contributed by atoms with E-state index in [-0.39, 0.29) is 43.5 Å². The summed E-state index contributed by atoms with van der Waals surface area (Å²) < 4.78 is 13.1. The van der Waals surface area contributed by atoms with Gasteiger partial charge in [-0.3, -0.25) is 9.59 Å². The molecule has 0 radical (unpaired) electrons. The highest BCUT2D eigenvalue weighted by atomic mass is 35.5. The molecule has 268 valence electrons. The van der Waals surface area contributed by atoms with Gasteiger partial charge in [-0.1, -0.05) is 72.3 Å². The van der Waals surface area contributed by atoms with Gasteiger partial charge in [0.2, 0.25) is 11.8 Å². The lowest BCUT2D eigenvalue weighted by atomic mass is 9.84. The fourth-order valence-corrected chi connectivity index (χ4v) is 6.78. The number of hydrogen-bond acceptors (Lipinski definition) is 8. The molecule has 51 heavy (non-hydrogen) atoms. The van der Waals surface area contributed by atoms with Crippen LogP contribution in [-0.4, -0.2) is 52.7 Å². The standard InChI is InChI=1S/C40H45ClN4O6/c41-31-16-14-30(15-17-31)40(49)20-22-45(23-21-40)25-33-24-36(28-10-8-27(26-46)9-11-28)51-39(50-33)29-12-18-32(19-13-29)43-37(47)6-3-7-38(48)44-35-5-2-1-4-34(35)42/h1-2,4-5,8-19,33,36,39,46,49H,3,6-7,20-26,42H2,(H,43,47)(H,44,48)/t33-,36+,39+/m1/s1. The molecular formula is C40H45ClN4O6. The number of aliphatic hydroxyl groups excluding tert-OH is 1. The number of benzene rings is 4. The van der Waals surface area contributed by atoms with Crippen LogP contribution in [0.4, 0.5) is 17.1 Å². The van der Waals surface area contributed by atoms with Crippen molar-refractivity contribution < 1.29 is 29.3 Å². The Morgan fingerprint density at radius 1 is 0.843 bits per heavy atom. The van der Waals surface area contributed by atoms with E-state index >= 15 is 0 Å². The number of hydrogen-bond donors (Lipinski definition) is 5. The van der Waals surface area contributed by atoms with Crippen LogP contribution in [0, 0.1) is 0 Å². The summed E-state index contributed by atoms with van der Waals surface area (Å²) in [6.45, 7) is 2.11. The van der Waals surface area contributed by atoms with Crippen molar-refractivity contribution in [1.82, 2.24) is 4.90 Å². The van der Waals surface area contributed by atoms with E-state index in [4.69, 9.17) is 26.8 Å². The topological polar surface area (TPSA) is 146 Å². The molecule has 6 rings (SSSR count). The van der Waals surface area contributed by atoms with Gasteiger partial charge in [0.25, 0.3) is 0 Å². The van der Waals surface area contributed by atoms with Crippen LogP contribution < -0.4 is 16.4 Å². The summed E-state index contributed by atoms with van der Waals surface area (Å²) in [5.41, 5.74) is 10.2. The van der Waals surface area contributed by atoms with Crippen LogP contribution in [0.5, 0.6) is 0 Å². The number of nitrogens with zero attached hydrogens (tertiary/aromatic N) is 1. The minimum Gasteiger partial charge on any atom is -0.397 e. The number of likely N-dealkylation sites (tertiary alicyclic amines) is 1. The first-order valence-corrected chi connectivity index (χ1v) is 17.8. The maximum absolute atomic E-state index is 12.7. The predicted molar refractivity (Wildman–Crippen MR) is 198 cm³/mol. The normalized spacial score (nSPS) is 20.4. The third-order valence-electron chi connectivity index (χ3n) is 9.65. The third-order valence-corrected chi connectivity index (χ3v) is 9.90. The molecule has 2 saturated heterocycles. The van der Waals surface area contributed by atoms with E-state index in [1.807, 2.05) is 72.8 Å². The zero-order valence-electron chi connectivity index (χ0n) is 28.5. The summed E-state index contributed by atoms with van der Waals surface area (Å²) in [5, 5.41) is 27.3. The van der Waals surface area contributed by atoms with E-state index < -0.39 is 11.9 Å². The highest BCUT2D eigenvalue weighted by molar-refractivity contribution is 6.30. The smallest absolute Gasteiger partial charge is 0.224 e. The quantitative estimate of drug-likeness (QED) is 0.102. The summed E-state index contributed by atoms with van der Waals surface area (Å²) >= 11 is 6.07. The highest BCUT2D eigenvalue weighted by Crippen LogP contribution is 2.40. The minimum absolute atomic E-state index is 0.0282. The number of anilines is 3. The predicted octanol–water partition coefficient (Wildman–Crippen LogP) is 6.69. The highest BCUT2D eigenvalue weighted by Gasteiger charge is 2.37. The van der Waals surface area contributed by atoms with Crippen LogP contribution in [-0.2, 0) is 31.3 Å². The van der Waals surface area contributed by atoms with Crippen LogP contribution in [0.25, 0.3) is 0 Å². The van der Waals surface area contributed by atoms with E-state index in [2.05, 4.69) is 15.5 Å². The van der Waals surface area contributed by atoms with Gasteiger partial charge in [0.1, 0.15) is 0 Å². The summed E-state index contributed by atoms with van der Waals surface area (Å²) in [6.07, 6.45) is 1.65. The number of rotatable bonds is 12. The van der Waals surface area contributed by atoms with Gasteiger partial charge in [0.15, 0.2) is 6.29 Å². The molecule has 0 saturated carbocycles. The number of carbonyl (C=O) groups excluding carboxylic acids is 2. The maximum Gasteiger partial charge on any atom is 0.224 e. The first-order chi connectivity index (χ1) is 24.7. The molecule has 0 aromatic heterocycles. The van der Waals surface area contributed by atoms with Crippen LogP contribution in [0.2, 0.25) is 5.02 Å².